The van der Waals surface area contributed by atoms with Gasteiger partial charge in [0.25, 0.3) is 0 Å². The predicted molar refractivity (Wildman–Crippen MR) is 103 cm³/mol. The maximum atomic E-state index is 13.3. The number of aliphatic hydroxyl groups excluding tert-OH is 1. The number of hydrogen-bond donors (Lipinski definition) is 3. The zero-order valence-corrected chi connectivity index (χ0v) is 17.0. The van der Waals surface area contributed by atoms with Gasteiger partial charge in [-0.25, -0.2) is 8.42 Å². The molecule has 1 amide bonds. The van der Waals surface area contributed by atoms with Crippen LogP contribution in [0.4, 0.5) is 0 Å². The molecule has 0 radical (unpaired) electrons. The Kier molecular flexibility index (Phi) is 5.90. The second kappa shape index (κ2) is 7.87. The Morgan fingerprint density at radius 1 is 1.26 bits per heavy atom. The van der Waals surface area contributed by atoms with Crippen molar-refractivity contribution in [2.75, 3.05) is 26.2 Å². The number of amides is 1. The Labute approximate surface area is 161 Å². The number of β-amino-alcohol motifs (C(OH)–C–C–N with tert-alkyl or cyclic N) is 1. The normalized spacial score (nSPS) is 26.4. The van der Waals surface area contributed by atoms with Gasteiger partial charge in [0.2, 0.25) is 15.9 Å². The van der Waals surface area contributed by atoms with E-state index >= 15 is 0 Å². The summed E-state index contributed by atoms with van der Waals surface area (Å²) in [5.74, 6) is -0.320. The summed E-state index contributed by atoms with van der Waals surface area (Å²) in [6.45, 7) is 7.40. The van der Waals surface area contributed by atoms with Gasteiger partial charge in [0.1, 0.15) is 6.04 Å². The van der Waals surface area contributed by atoms with Crippen molar-refractivity contribution in [3.8, 4) is 0 Å². The zero-order chi connectivity index (χ0) is 19.8. The van der Waals surface area contributed by atoms with E-state index in [1.54, 1.807) is 13.8 Å². The fourth-order valence-electron chi connectivity index (χ4n) is 4.26. The van der Waals surface area contributed by atoms with Crippen LogP contribution in [0.5, 0.6) is 0 Å². The first-order chi connectivity index (χ1) is 12.7. The Morgan fingerprint density at radius 3 is 2.52 bits per heavy atom. The highest BCUT2D eigenvalue weighted by Gasteiger charge is 2.40. The van der Waals surface area contributed by atoms with E-state index in [0.717, 1.165) is 5.56 Å². The summed E-state index contributed by atoms with van der Waals surface area (Å²) in [5.41, 5.74) is 2.43. The molecule has 3 N–H and O–H groups in total. The summed E-state index contributed by atoms with van der Waals surface area (Å²) in [4.78, 5) is 13.0. The minimum Gasteiger partial charge on any atom is -0.391 e. The molecule has 7 nitrogen and oxygen atoms in total. The quantitative estimate of drug-likeness (QED) is 0.673. The molecule has 3 rings (SSSR count). The summed E-state index contributed by atoms with van der Waals surface area (Å²) in [5, 5.41) is 15.8. The number of carbonyl (C=O) groups is 1. The first-order valence-electron chi connectivity index (χ1n) is 9.48. The van der Waals surface area contributed by atoms with Crippen LogP contribution in [0.1, 0.15) is 29.5 Å². The Morgan fingerprint density at radius 2 is 1.93 bits per heavy atom. The van der Waals surface area contributed by atoms with Gasteiger partial charge in [-0.3, -0.25) is 4.79 Å². The standard InChI is InChI=1S/C19H29N3O4S/c1-12-7-13(2)18(14(3)8-12)27(25,26)22-6-4-5-16(22)19(24)21-10-15-9-20-11-17(15)23/h7-8,15-17,20,23H,4-6,9-11H2,1-3H3,(H,21,24). The average molecular weight is 396 g/mol. The number of nitrogens with zero attached hydrogens (tertiary/aromatic N) is 1. The fraction of sp³-hybridized carbons (Fsp3) is 0.632. The number of carbonyl (C=O) groups excluding carboxylic acids is 1. The van der Waals surface area contributed by atoms with Gasteiger partial charge in [-0.15, -0.1) is 0 Å². The molecule has 150 valence electrons. The Bertz CT molecular complexity index is 801. The van der Waals surface area contributed by atoms with E-state index in [9.17, 15) is 18.3 Å². The van der Waals surface area contributed by atoms with E-state index in [0.29, 0.717) is 55.0 Å². The minimum absolute atomic E-state index is 0.0398. The van der Waals surface area contributed by atoms with Crippen molar-refractivity contribution in [1.82, 2.24) is 14.9 Å². The lowest BCUT2D eigenvalue weighted by atomic mass is 10.1. The van der Waals surface area contributed by atoms with Crippen molar-refractivity contribution < 1.29 is 18.3 Å². The van der Waals surface area contributed by atoms with Gasteiger partial charge < -0.3 is 15.7 Å². The summed E-state index contributed by atoms with van der Waals surface area (Å²) in [6, 6.07) is 3.03. The summed E-state index contributed by atoms with van der Waals surface area (Å²) < 4.78 is 28.0. The number of aliphatic hydroxyl groups is 1. The van der Waals surface area contributed by atoms with Crippen molar-refractivity contribution in [2.24, 2.45) is 5.92 Å². The van der Waals surface area contributed by atoms with E-state index in [1.807, 2.05) is 19.1 Å². The summed E-state index contributed by atoms with van der Waals surface area (Å²) >= 11 is 0. The summed E-state index contributed by atoms with van der Waals surface area (Å²) in [7, 11) is -3.75. The molecule has 3 atom stereocenters. The third-order valence-corrected chi connectivity index (χ3v) is 7.73. The van der Waals surface area contributed by atoms with E-state index in [1.165, 1.54) is 4.31 Å². The Balaban J connectivity index is 1.78. The van der Waals surface area contributed by atoms with Crippen LogP contribution in [0.15, 0.2) is 17.0 Å². The molecule has 1 aromatic rings. The lowest BCUT2D eigenvalue weighted by Crippen LogP contribution is -2.47. The maximum Gasteiger partial charge on any atom is 0.244 e. The molecule has 0 bridgehead atoms. The molecule has 0 aromatic heterocycles. The summed E-state index contributed by atoms with van der Waals surface area (Å²) in [6.07, 6.45) is 0.696. The molecule has 0 saturated carbocycles. The number of nitrogens with one attached hydrogen (secondary N) is 2. The smallest absolute Gasteiger partial charge is 0.244 e. The largest absolute Gasteiger partial charge is 0.391 e. The van der Waals surface area contributed by atoms with E-state index < -0.39 is 22.2 Å². The Hall–Kier alpha value is -1.48. The van der Waals surface area contributed by atoms with Crippen LogP contribution in [-0.2, 0) is 14.8 Å². The molecule has 2 aliphatic rings. The minimum atomic E-state index is -3.75. The third kappa shape index (κ3) is 4.03. The van der Waals surface area contributed by atoms with Crippen LogP contribution in [0.25, 0.3) is 0 Å². The first-order valence-corrected chi connectivity index (χ1v) is 10.9. The molecule has 1 aromatic carbocycles. The number of hydrogen-bond acceptors (Lipinski definition) is 5. The number of benzene rings is 1. The van der Waals surface area contributed by atoms with Gasteiger partial charge >= 0.3 is 0 Å². The molecule has 2 aliphatic heterocycles. The molecular formula is C19H29N3O4S. The number of rotatable bonds is 5. The van der Waals surface area contributed by atoms with Crippen LogP contribution in [0.2, 0.25) is 0 Å². The van der Waals surface area contributed by atoms with E-state index in [-0.39, 0.29) is 11.8 Å². The first kappa shape index (κ1) is 20.3. The molecule has 2 saturated heterocycles. The van der Waals surface area contributed by atoms with Crippen LogP contribution in [0.3, 0.4) is 0 Å². The maximum absolute atomic E-state index is 13.3. The van der Waals surface area contributed by atoms with Crippen LogP contribution in [0, 0.1) is 26.7 Å². The number of aryl methyl sites for hydroxylation is 3. The van der Waals surface area contributed by atoms with Crippen molar-refractivity contribution >= 4 is 15.9 Å². The van der Waals surface area contributed by atoms with E-state index in [4.69, 9.17) is 0 Å². The van der Waals surface area contributed by atoms with Crippen molar-refractivity contribution in [3.63, 3.8) is 0 Å². The second-order valence-electron chi connectivity index (χ2n) is 7.73. The van der Waals surface area contributed by atoms with Crippen LogP contribution in [-0.4, -0.2) is 62.1 Å². The van der Waals surface area contributed by atoms with Crippen molar-refractivity contribution in [1.29, 1.82) is 0 Å². The fourth-order valence-corrected chi connectivity index (χ4v) is 6.33. The highest BCUT2D eigenvalue weighted by atomic mass is 32.2. The van der Waals surface area contributed by atoms with Gasteiger partial charge in [0.05, 0.1) is 11.0 Å². The molecule has 3 unspecified atom stereocenters. The van der Waals surface area contributed by atoms with Crippen molar-refractivity contribution in [3.05, 3.63) is 28.8 Å². The zero-order valence-electron chi connectivity index (χ0n) is 16.2. The third-order valence-electron chi connectivity index (χ3n) is 5.52. The molecule has 27 heavy (non-hydrogen) atoms. The topological polar surface area (TPSA) is 98.7 Å². The van der Waals surface area contributed by atoms with E-state index in [2.05, 4.69) is 10.6 Å². The van der Waals surface area contributed by atoms with Gasteiger partial charge in [-0.2, -0.15) is 4.31 Å². The molecule has 8 heteroatoms. The van der Waals surface area contributed by atoms with Crippen LogP contribution < -0.4 is 10.6 Å². The van der Waals surface area contributed by atoms with Gasteiger partial charge in [-0.1, -0.05) is 17.7 Å². The van der Waals surface area contributed by atoms with Crippen molar-refractivity contribution in [2.45, 2.75) is 50.7 Å². The van der Waals surface area contributed by atoms with Crippen LogP contribution >= 0.6 is 0 Å². The SMILES string of the molecule is Cc1cc(C)c(S(=O)(=O)N2CCCC2C(=O)NCC2CNCC2O)c(C)c1. The predicted octanol–water partition coefficient (Wildman–Crippen LogP) is 0.461. The lowest BCUT2D eigenvalue weighted by molar-refractivity contribution is -0.124. The molecular weight excluding hydrogens is 366 g/mol. The highest BCUT2D eigenvalue weighted by Crippen LogP contribution is 2.30. The highest BCUT2D eigenvalue weighted by molar-refractivity contribution is 7.89. The number of sulfonamides is 1. The van der Waals surface area contributed by atoms with Gasteiger partial charge in [0.15, 0.2) is 0 Å². The molecule has 2 heterocycles. The van der Waals surface area contributed by atoms with Gasteiger partial charge in [-0.05, 0) is 44.7 Å². The monoisotopic (exact) mass is 395 g/mol. The van der Waals surface area contributed by atoms with Gasteiger partial charge in [0, 0.05) is 32.1 Å². The molecule has 0 aliphatic carbocycles. The second-order valence-corrected chi connectivity index (χ2v) is 9.56. The molecule has 0 spiro atoms. The molecule has 2 fully saturated rings. The lowest BCUT2D eigenvalue weighted by Gasteiger charge is -2.26. The average Bonchev–Trinajstić information content (AvgIpc) is 3.20.